The van der Waals surface area contributed by atoms with Gasteiger partial charge in [-0.1, -0.05) is 19.3 Å². The zero-order chi connectivity index (χ0) is 10.8. The van der Waals surface area contributed by atoms with Gasteiger partial charge in [0.05, 0.1) is 6.04 Å². The molecule has 0 aromatic carbocycles. The molecule has 0 radical (unpaired) electrons. The smallest absolute Gasteiger partial charge is 0.123 e. The first-order valence-corrected chi connectivity index (χ1v) is 6.71. The van der Waals surface area contributed by atoms with Crippen molar-refractivity contribution in [2.24, 2.45) is 0 Å². The predicted octanol–water partition coefficient (Wildman–Crippen LogP) is 2.88. The van der Waals surface area contributed by atoms with E-state index >= 15 is 0 Å². The second-order valence-electron chi connectivity index (χ2n) is 5.21. The second kappa shape index (κ2) is 4.58. The summed E-state index contributed by atoms with van der Waals surface area (Å²) < 4.78 is 0. The summed E-state index contributed by atoms with van der Waals surface area (Å²) in [5.74, 6) is 1.92. The summed E-state index contributed by atoms with van der Waals surface area (Å²) >= 11 is 0. The molecule has 0 spiro atoms. The van der Waals surface area contributed by atoms with Gasteiger partial charge in [-0.3, -0.25) is 0 Å². The average molecular weight is 219 g/mol. The molecule has 1 aromatic rings. The fourth-order valence-electron chi connectivity index (χ4n) is 3.06. The fraction of sp³-hybridized carbons (Fsp3) is 0.769. The number of aromatic nitrogens is 2. The van der Waals surface area contributed by atoms with Gasteiger partial charge in [-0.2, -0.15) is 0 Å². The van der Waals surface area contributed by atoms with Crippen LogP contribution in [0.1, 0.15) is 68.4 Å². The van der Waals surface area contributed by atoms with Crippen molar-refractivity contribution in [1.29, 1.82) is 0 Å². The SMILES string of the molecule is c1nc(C2CCCCN2)[nH]c1C1CCCC1. The molecule has 1 aliphatic carbocycles. The van der Waals surface area contributed by atoms with Crippen LogP contribution in [0.3, 0.4) is 0 Å². The maximum atomic E-state index is 4.57. The van der Waals surface area contributed by atoms with Crippen LogP contribution in [0.5, 0.6) is 0 Å². The molecule has 1 saturated heterocycles. The zero-order valence-electron chi connectivity index (χ0n) is 9.84. The molecular weight excluding hydrogens is 198 g/mol. The van der Waals surface area contributed by atoms with Crippen LogP contribution in [0.4, 0.5) is 0 Å². The van der Waals surface area contributed by atoms with E-state index in [4.69, 9.17) is 0 Å². The molecule has 88 valence electrons. The number of imidazole rings is 1. The summed E-state index contributed by atoms with van der Waals surface area (Å²) in [6.45, 7) is 1.14. The van der Waals surface area contributed by atoms with Crippen LogP contribution in [-0.4, -0.2) is 16.5 Å². The van der Waals surface area contributed by atoms with Gasteiger partial charge in [-0.15, -0.1) is 0 Å². The molecule has 1 aromatic heterocycles. The van der Waals surface area contributed by atoms with Crippen molar-refractivity contribution in [3.63, 3.8) is 0 Å². The lowest BCUT2D eigenvalue weighted by Crippen LogP contribution is -2.27. The van der Waals surface area contributed by atoms with E-state index in [0.717, 1.165) is 12.5 Å². The van der Waals surface area contributed by atoms with Gasteiger partial charge in [0, 0.05) is 17.8 Å². The number of hydrogen-bond donors (Lipinski definition) is 2. The third kappa shape index (κ3) is 2.01. The number of rotatable bonds is 2. The number of nitrogens with one attached hydrogen (secondary N) is 2. The Morgan fingerprint density at radius 1 is 1.06 bits per heavy atom. The Morgan fingerprint density at radius 2 is 1.88 bits per heavy atom. The zero-order valence-corrected chi connectivity index (χ0v) is 9.84. The van der Waals surface area contributed by atoms with E-state index in [1.165, 1.54) is 56.5 Å². The first kappa shape index (κ1) is 10.3. The van der Waals surface area contributed by atoms with Gasteiger partial charge in [-0.05, 0) is 32.2 Å². The Morgan fingerprint density at radius 3 is 2.62 bits per heavy atom. The molecule has 1 saturated carbocycles. The van der Waals surface area contributed by atoms with Gasteiger partial charge in [0.2, 0.25) is 0 Å². The van der Waals surface area contributed by atoms with E-state index in [1.54, 1.807) is 0 Å². The van der Waals surface area contributed by atoms with Gasteiger partial charge in [0.15, 0.2) is 0 Å². The predicted molar refractivity (Wildman–Crippen MR) is 64.4 cm³/mol. The molecule has 1 unspecified atom stereocenters. The monoisotopic (exact) mass is 219 g/mol. The maximum absolute atomic E-state index is 4.57. The van der Waals surface area contributed by atoms with E-state index < -0.39 is 0 Å². The molecular formula is C13H21N3. The molecule has 1 atom stereocenters. The topological polar surface area (TPSA) is 40.7 Å². The summed E-state index contributed by atoms with van der Waals surface area (Å²) in [4.78, 5) is 8.12. The van der Waals surface area contributed by atoms with E-state index in [2.05, 4.69) is 21.5 Å². The first-order valence-electron chi connectivity index (χ1n) is 6.71. The molecule has 2 N–H and O–H groups in total. The number of hydrogen-bond acceptors (Lipinski definition) is 2. The molecule has 3 heteroatoms. The minimum absolute atomic E-state index is 0.476. The van der Waals surface area contributed by atoms with E-state index in [9.17, 15) is 0 Å². The normalized spacial score (nSPS) is 27.4. The maximum Gasteiger partial charge on any atom is 0.123 e. The third-order valence-corrected chi connectivity index (χ3v) is 4.05. The van der Waals surface area contributed by atoms with Gasteiger partial charge in [0.1, 0.15) is 5.82 Å². The summed E-state index contributed by atoms with van der Waals surface area (Å²) in [6, 6.07) is 0.476. The van der Waals surface area contributed by atoms with Crippen molar-refractivity contribution in [2.75, 3.05) is 6.54 Å². The van der Waals surface area contributed by atoms with Gasteiger partial charge >= 0.3 is 0 Å². The summed E-state index contributed by atoms with van der Waals surface area (Å²) in [6.07, 6.45) is 11.4. The Balaban J connectivity index is 1.71. The van der Waals surface area contributed by atoms with Crippen molar-refractivity contribution in [2.45, 2.75) is 56.9 Å². The molecule has 2 aliphatic rings. The molecule has 16 heavy (non-hydrogen) atoms. The van der Waals surface area contributed by atoms with Crippen molar-refractivity contribution < 1.29 is 0 Å². The molecule has 1 aliphatic heterocycles. The van der Waals surface area contributed by atoms with Gasteiger partial charge < -0.3 is 10.3 Å². The van der Waals surface area contributed by atoms with Crippen LogP contribution >= 0.6 is 0 Å². The van der Waals surface area contributed by atoms with Crippen LogP contribution in [-0.2, 0) is 0 Å². The van der Waals surface area contributed by atoms with E-state index in [-0.39, 0.29) is 0 Å². The van der Waals surface area contributed by atoms with Crippen LogP contribution in [0.2, 0.25) is 0 Å². The Hall–Kier alpha value is -0.830. The minimum atomic E-state index is 0.476. The van der Waals surface area contributed by atoms with E-state index in [1.807, 2.05) is 0 Å². The van der Waals surface area contributed by atoms with Crippen LogP contribution < -0.4 is 5.32 Å². The molecule has 3 rings (SSSR count). The molecule has 0 amide bonds. The Bertz CT molecular complexity index is 333. The van der Waals surface area contributed by atoms with Crippen molar-refractivity contribution >= 4 is 0 Å². The molecule has 2 heterocycles. The van der Waals surface area contributed by atoms with Crippen LogP contribution in [0.15, 0.2) is 6.20 Å². The molecule has 0 bridgehead atoms. The van der Waals surface area contributed by atoms with Crippen LogP contribution in [0.25, 0.3) is 0 Å². The second-order valence-corrected chi connectivity index (χ2v) is 5.21. The number of H-pyrrole nitrogens is 1. The standard InChI is InChI=1S/C13H21N3/c1-2-6-10(5-1)12-9-15-13(16-12)11-7-3-4-8-14-11/h9-11,14H,1-8H2,(H,15,16). The fourth-order valence-corrected chi connectivity index (χ4v) is 3.06. The highest BCUT2D eigenvalue weighted by atomic mass is 15.0. The van der Waals surface area contributed by atoms with E-state index in [0.29, 0.717) is 6.04 Å². The largest absolute Gasteiger partial charge is 0.344 e. The van der Waals surface area contributed by atoms with Crippen molar-refractivity contribution in [3.05, 3.63) is 17.7 Å². The summed E-state index contributed by atoms with van der Waals surface area (Å²) in [7, 11) is 0. The third-order valence-electron chi connectivity index (χ3n) is 4.05. The Labute approximate surface area is 97.0 Å². The lowest BCUT2D eigenvalue weighted by molar-refractivity contribution is 0.399. The van der Waals surface area contributed by atoms with Gasteiger partial charge in [-0.25, -0.2) is 4.98 Å². The molecule has 2 fully saturated rings. The summed E-state index contributed by atoms with van der Waals surface area (Å²) in [5.41, 5.74) is 1.37. The summed E-state index contributed by atoms with van der Waals surface area (Å²) in [5, 5.41) is 3.55. The van der Waals surface area contributed by atoms with Crippen molar-refractivity contribution in [3.8, 4) is 0 Å². The average Bonchev–Trinajstić information content (AvgIpc) is 3.01. The highest BCUT2D eigenvalue weighted by molar-refractivity contribution is 5.11. The Kier molecular flexibility index (Phi) is 2.96. The molecule has 3 nitrogen and oxygen atoms in total. The number of piperidine rings is 1. The lowest BCUT2D eigenvalue weighted by Gasteiger charge is -2.21. The lowest BCUT2D eigenvalue weighted by atomic mass is 10.0. The van der Waals surface area contributed by atoms with Crippen molar-refractivity contribution in [1.82, 2.24) is 15.3 Å². The highest BCUT2D eigenvalue weighted by Crippen LogP contribution is 2.33. The minimum Gasteiger partial charge on any atom is -0.344 e. The van der Waals surface area contributed by atoms with Gasteiger partial charge in [0.25, 0.3) is 0 Å². The number of nitrogens with zero attached hydrogens (tertiary/aromatic N) is 1. The van der Waals surface area contributed by atoms with Crippen LogP contribution in [0, 0.1) is 0 Å². The number of aromatic amines is 1. The highest BCUT2D eigenvalue weighted by Gasteiger charge is 2.22. The quantitative estimate of drug-likeness (QED) is 0.803. The first-order chi connectivity index (χ1) is 7.93.